The molecule has 2 aliphatic heterocycles. The zero-order valence-corrected chi connectivity index (χ0v) is 29.8. The van der Waals surface area contributed by atoms with Crippen LogP contribution in [0.3, 0.4) is 0 Å². The van der Waals surface area contributed by atoms with E-state index in [1.54, 1.807) is 0 Å². The van der Waals surface area contributed by atoms with E-state index >= 15 is 0 Å². The molecule has 0 radical (unpaired) electrons. The Kier molecular flexibility index (Phi) is 16.9. The number of aliphatic hydroxyl groups excluding tert-OH is 1. The number of ether oxygens (including phenoxy) is 3. The van der Waals surface area contributed by atoms with Crippen molar-refractivity contribution >= 4 is 32.4 Å². The number of aliphatic hydroxyl groups is 1. The molecule has 15 heteroatoms. The monoisotopic (exact) mass is 682 g/mol. The van der Waals surface area contributed by atoms with Crippen molar-refractivity contribution in [2.24, 2.45) is 0 Å². The molecule has 0 aliphatic carbocycles. The van der Waals surface area contributed by atoms with E-state index in [2.05, 4.69) is 38.6 Å². The van der Waals surface area contributed by atoms with Crippen LogP contribution in [0, 0.1) is 0 Å². The van der Waals surface area contributed by atoms with Crippen LogP contribution in [0.5, 0.6) is 0 Å². The Balaban J connectivity index is 0.000000475. The minimum Gasteiger partial charge on any atom is -0.870 e. The SMILES string of the molecule is CC(C)(C)[Si](C)(C)O[C@@H]1C[C@@H](C(=O)O)N(C(=O)OCc2ccccc2)C1.COC(=O)[C@@H]1C[C@@H](O)CN1C(=O)OCc1ccccc1.[Li+].[OH-]. The Labute approximate surface area is 295 Å². The van der Waals surface area contributed by atoms with Crippen LogP contribution in [0.15, 0.2) is 60.7 Å². The van der Waals surface area contributed by atoms with Gasteiger partial charge >= 0.3 is 43.0 Å². The summed E-state index contributed by atoms with van der Waals surface area (Å²) in [5, 5.41) is 19.1. The van der Waals surface area contributed by atoms with Gasteiger partial charge in [-0.2, -0.15) is 0 Å². The molecule has 4 rings (SSSR count). The van der Waals surface area contributed by atoms with Gasteiger partial charge < -0.3 is 34.3 Å². The standard InChI is InChI=1S/C19H29NO5Si.C14H17NO5.Li.H2O/c1-19(2,3)26(4,5)25-15-11-16(17(21)22)20(12-15)18(23)24-13-14-9-7-6-8-10-14;1-19-13(17)12-7-11(16)8-15(12)14(18)20-9-10-5-3-2-4-6-10;;/h6-10,15-16H,11-13H2,1-5H3,(H,21,22);2-6,11-12,16H,7-9H2,1H3;;1H2/q;;+1;/p-1/t15-,16+;11-,12+;;/m11../s1. The van der Waals surface area contributed by atoms with Crippen molar-refractivity contribution in [1.82, 2.24) is 9.80 Å². The zero-order valence-electron chi connectivity index (χ0n) is 28.8. The van der Waals surface area contributed by atoms with Gasteiger partial charge in [0.2, 0.25) is 0 Å². The smallest absolute Gasteiger partial charge is 0.870 e. The fourth-order valence-electron chi connectivity index (χ4n) is 4.89. The van der Waals surface area contributed by atoms with Crippen LogP contribution in [0.4, 0.5) is 9.59 Å². The number of carboxylic acid groups (broad SMARTS) is 1. The van der Waals surface area contributed by atoms with Crippen LogP contribution in [0.2, 0.25) is 18.1 Å². The van der Waals surface area contributed by atoms with Gasteiger partial charge in [0.1, 0.15) is 25.3 Å². The number of benzene rings is 2. The molecule has 2 aliphatic rings. The normalized spacial score (nSPS) is 20.3. The third kappa shape index (κ3) is 11.9. The van der Waals surface area contributed by atoms with Crippen molar-refractivity contribution in [3.8, 4) is 0 Å². The number of methoxy groups -OCH3 is 1. The first-order valence-corrected chi connectivity index (χ1v) is 18.1. The summed E-state index contributed by atoms with van der Waals surface area (Å²) in [6, 6.07) is 16.9. The molecule has 2 heterocycles. The van der Waals surface area contributed by atoms with Gasteiger partial charge in [0.05, 0.1) is 25.9 Å². The van der Waals surface area contributed by atoms with Crippen LogP contribution in [0.1, 0.15) is 44.7 Å². The number of amides is 2. The van der Waals surface area contributed by atoms with Crippen LogP contribution >= 0.6 is 0 Å². The van der Waals surface area contributed by atoms with Gasteiger partial charge in [-0.3, -0.25) is 9.80 Å². The van der Waals surface area contributed by atoms with Crippen LogP contribution in [0.25, 0.3) is 0 Å². The fourth-order valence-corrected chi connectivity index (χ4v) is 6.25. The number of esters is 1. The Morgan fingerprint density at radius 2 is 1.27 bits per heavy atom. The number of carbonyl (C=O) groups is 4. The fraction of sp³-hybridized carbons (Fsp3) is 0.515. The molecule has 2 amide bonds. The maximum Gasteiger partial charge on any atom is 1.00 e. The summed E-state index contributed by atoms with van der Waals surface area (Å²) in [4.78, 5) is 50.1. The van der Waals surface area contributed by atoms with Crippen molar-refractivity contribution in [3.63, 3.8) is 0 Å². The summed E-state index contributed by atoms with van der Waals surface area (Å²) in [5.41, 5.74) is 1.72. The first-order valence-electron chi connectivity index (χ1n) is 15.2. The Hall–Kier alpha value is -3.39. The molecular formula is C33H47LiN2O11Si. The van der Waals surface area contributed by atoms with Gasteiger partial charge in [-0.15, -0.1) is 0 Å². The minimum atomic E-state index is -2.04. The van der Waals surface area contributed by atoms with E-state index in [4.69, 9.17) is 13.9 Å². The van der Waals surface area contributed by atoms with Gasteiger partial charge in [0.15, 0.2) is 8.32 Å². The second kappa shape index (κ2) is 19.0. The van der Waals surface area contributed by atoms with E-state index in [0.29, 0.717) is 6.42 Å². The van der Waals surface area contributed by atoms with E-state index in [-0.39, 0.29) is 68.2 Å². The van der Waals surface area contributed by atoms with Gasteiger partial charge in [0.25, 0.3) is 0 Å². The Morgan fingerprint density at radius 1 is 0.812 bits per heavy atom. The molecule has 2 aromatic carbocycles. The molecule has 0 unspecified atom stereocenters. The first-order chi connectivity index (χ1) is 21.6. The largest absolute Gasteiger partial charge is 1.00 e. The van der Waals surface area contributed by atoms with Gasteiger partial charge in [-0.25, -0.2) is 19.2 Å². The average Bonchev–Trinajstić information content (AvgIpc) is 3.62. The summed E-state index contributed by atoms with van der Waals surface area (Å²) in [6.45, 7) is 11.2. The maximum absolute atomic E-state index is 12.4. The summed E-state index contributed by atoms with van der Waals surface area (Å²) >= 11 is 0. The van der Waals surface area contributed by atoms with Crippen LogP contribution in [-0.2, 0) is 41.4 Å². The minimum absolute atomic E-state index is 0. The van der Waals surface area contributed by atoms with Gasteiger partial charge in [-0.05, 0) is 29.3 Å². The van der Waals surface area contributed by atoms with Gasteiger partial charge in [-0.1, -0.05) is 81.4 Å². The van der Waals surface area contributed by atoms with Crippen molar-refractivity contribution in [1.29, 1.82) is 0 Å². The number of carbonyl (C=O) groups excluding carboxylic acids is 3. The number of rotatable bonds is 8. The molecule has 13 nitrogen and oxygen atoms in total. The molecule has 3 N–H and O–H groups in total. The van der Waals surface area contributed by atoms with Crippen LogP contribution in [-0.4, -0.2) is 102 Å². The number of hydrogen-bond donors (Lipinski definition) is 2. The first kappa shape index (κ1) is 42.6. The summed E-state index contributed by atoms with van der Waals surface area (Å²) in [7, 11) is -0.791. The van der Waals surface area contributed by atoms with E-state index in [1.165, 1.54) is 16.9 Å². The number of nitrogens with zero attached hydrogens (tertiary/aromatic N) is 2. The third-order valence-electron chi connectivity index (χ3n) is 8.45. The molecule has 0 bridgehead atoms. The quantitative estimate of drug-likeness (QED) is 0.235. The summed E-state index contributed by atoms with van der Waals surface area (Å²) < 4.78 is 21.4. The van der Waals surface area contributed by atoms with Crippen molar-refractivity contribution in [2.45, 2.75) is 89.3 Å². The van der Waals surface area contributed by atoms with Crippen molar-refractivity contribution in [2.75, 3.05) is 20.2 Å². The number of carboxylic acids is 1. The number of likely N-dealkylation sites (tertiary alicyclic amines) is 2. The zero-order chi connectivity index (χ0) is 34.1. The molecule has 260 valence electrons. The van der Waals surface area contributed by atoms with E-state index < -0.39 is 50.6 Å². The topological polar surface area (TPSA) is 182 Å². The maximum atomic E-state index is 12.4. The van der Waals surface area contributed by atoms with E-state index in [0.717, 1.165) is 11.1 Å². The van der Waals surface area contributed by atoms with Crippen molar-refractivity contribution in [3.05, 3.63) is 71.8 Å². The predicted octanol–water partition coefficient (Wildman–Crippen LogP) is 1.63. The number of β-amino-alcohol motifs (C(OH)–C–C–N with tert-alkyl or cyclic N) is 1. The summed E-state index contributed by atoms with van der Waals surface area (Å²) in [5.74, 6) is -1.57. The molecular weight excluding hydrogens is 635 g/mol. The predicted molar refractivity (Wildman–Crippen MR) is 173 cm³/mol. The molecule has 0 aromatic heterocycles. The number of hydrogen-bond acceptors (Lipinski definition) is 10. The van der Waals surface area contributed by atoms with Gasteiger partial charge in [0, 0.05) is 19.4 Å². The Bertz CT molecular complexity index is 1330. The second-order valence-corrected chi connectivity index (χ2v) is 17.7. The molecule has 2 aromatic rings. The van der Waals surface area contributed by atoms with E-state index in [9.17, 15) is 29.4 Å². The molecule has 0 spiro atoms. The molecule has 4 atom stereocenters. The van der Waals surface area contributed by atoms with Crippen LogP contribution < -0.4 is 18.9 Å². The third-order valence-corrected chi connectivity index (χ3v) is 13.0. The summed E-state index contributed by atoms with van der Waals surface area (Å²) in [6.07, 6.45) is -1.77. The van der Waals surface area contributed by atoms with E-state index in [1.807, 2.05) is 60.7 Å². The second-order valence-electron chi connectivity index (χ2n) is 12.9. The molecule has 2 fully saturated rings. The van der Waals surface area contributed by atoms with Crippen molar-refractivity contribution < 1.29 is 72.4 Å². The number of aliphatic carboxylic acids is 1. The Morgan fingerprint density at radius 3 is 1.69 bits per heavy atom. The average molecular weight is 683 g/mol. The molecule has 48 heavy (non-hydrogen) atoms. The molecule has 0 saturated carbocycles. The molecule has 2 saturated heterocycles.